The summed E-state index contributed by atoms with van der Waals surface area (Å²) in [5.41, 5.74) is 8.01. The van der Waals surface area contributed by atoms with E-state index in [2.05, 4.69) is 5.16 Å². The van der Waals surface area contributed by atoms with E-state index in [4.69, 9.17) is 19.7 Å². The molecule has 2 N–H and O–H groups in total. The van der Waals surface area contributed by atoms with Crippen molar-refractivity contribution in [2.75, 3.05) is 20.0 Å². The summed E-state index contributed by atoms with van der Waals surface area (Å²) in [6.45, 7) is 0.437. The predicted molar refractivity (Wildman–Crippen MR) is 63.6 cm³/mol. The van der Waals surface area contributed by atoms with Crippen LogP contribution in [0.25, 0.3) is 11.3 Å². The van der Waals surface area contributed by atoms with Crippen LogP contribution < -0.4 is 10.5 Å². The summed E-state index contributed by atoms with van der Waals surface area (Å²) in [4.78, 5) is 0. The molecule has 0 bridgehead atoms. The molecule has 2 rings (SSSR count). The van der Waals surface area contributed by atoms with E-state index in [1.54, 1.807) is 20.3 Å². The Bertz CT molecular complexity index is 508. The molecule has 1 aromatic carbocycles. The Kier molecular flexibility index (Phi) is 3.30. The van der Waals surface area contributed by atoms with Crippen molar-refractivity contribution < 1.29 is 14.0 Å². The molecular formula is C12H14N2O3. The number of aromatic nitrogens is 1. The lowest BCUT2D eigenvalue weighted by molar-refractivity contribution is 0.182. The van der Waals surface area contributed by atoms with E-state index in [1.807, 2.05) is 18.2 Å². The van der Waals surface area contributed by atoms with E-state index in [1.165, 1.54) is 0 Å². The Balaban J connectivity index is 2.52. The molecule has 90 valence electrons. The van der Waals surface area contributed by atoms with Crippen molar-refractivity contribution in [2.45, 2.75) is 6.61 Å². The van der Waals surface area contributed by atoms with Gasteiger partial charge in [-0.3, -0.25) is 0 Å². The van der Waals surface area contributed by atoms with Gasteiger partial charge in [0, 0.05) is 24.3 Å². The van der Waals surface area contributed by atoms with Gasteiger partial charge in [-0.05, 0) is 6.07 Å². The van der Waals surface area contributed by atoms with Crippen LogP contribution in [0.4, 0.5) is 5.88 Å². The van der Waals surface area contributed by atoms with Crippen LogP contribution in [-0.2, 0) is 11.3 Å². The number of nitrogens with two attached hydrogens (primary N) is 1. The Morgan fingerprint density at radius 1 is 1.35 bits per heavy atom. The Hall–Kier alpha value is -2.01. The Morgan fingerprint density at radius 3 is 2.76 bits per heavy atom. The Labute approximate surface area is 99.1 Å². The van der Waals surface area contributed by atoms with E-state index < -0.39 is 0 Å². The highest BCUT2D eigenvalue weighted by atomic mass is 16.5. The first-order valence-corrected chi connectivity index (χ1v) is 5.13. The lowest BCUT2D eigenvalue weighted by Gasteiger charge is -2.11. The maximum Gasteiger partial charge on any atom is 0.222 e. The molecule has 0 saturated carbocycles. The van der Waals surface area contributed by atoms with Crippen molar-refractivity contribution >= 4 is 5.88 Å². The first kappa shape index (κ1) is 11.5. The van der Waals surface area contributed by atoms with Crippen molar-refractivity contribution in [3.05, 3.63) is 29.8 Å². The molecule has 0 fully saturated rings. The van der Waals surface area contributed by atoms with Crippen LogP contribution in [0.15, 0.2) is 28.8 Å². The highest BCUT2D eigenvalue weighted by Gasteiger charge is 2.13. The lowest BCUT2D eigenvalue weighted by atomic mass is 10.0. The van der Waals surface area contributed by atoms with E-state index in [0.717, 1.165) is 16.9 Å². The molecule has 2 aromatic rings. The highest BCUT2D eigenvalue weighted by molar-refractivity contribution is 5.68. The normalized spacial score (nSPS) is 10.5. The molecule has 0 spiro atoms. The summed E-state index contributed by atoms with van der Waals surface area (Å²) in [6, 6.07) is 7.36. The van der Waals surface area contributed by atoms with E-state index in [9.17, 15) is 0 Å². The number of nitrogen functional groups attached to an aromatic ring is 1. The molecule has 0 atom stereocenters. The number of ether oxygens (including phenoxy) is 2. The van der Waals surface area contributed by atoms with E-state index in [-0.39, 0.29) is 5.88 Å². The van der Waals surface area contributed by atoms with Gasteiger partial charge in [-0.1, -0.05) is 17.3 Å². The van der Waals surface area contributed by atoms with Crippen LogP contribution in [0.2, 0.25) is 0 Å². The standard InChI is InChI=1S/C12H14N2O3/c1-15-7-9-8(4-3-5-11(9)16-2)10-6-12(13)17-14-10/h3-6H,7,13H2,1-2H3. The number of anilines is 1. The maximum absolute atomic E-state index is 5.52. The van der Waals surface area contributed by atoms with Gasteiger partial charge in [-0.15, -0.1) is 0 Å². The van der Waals surface area contributed by atoms with Crippen LogP contribution in [0.3, 0.4) is 0 Å². The van der Waals surface area contributed by atoms with Crippen LogP contribution >= 0.6 is 0 Å². The van der Waals surface area contributed by atoms with Gasteiger partial charge in [-0.2, -0.15) is 0 Å². The number of benzene rings is 1. The lowest BCUT2D eigenvalue weighted by Crippen LogP contribution is -1.97. The monoisotopic (exact) mass is 234 g/mol. The second-order valence-electron chi connectivity index (χ2n) is 3.53. The minimum atomic E-state index is 0.284. The number of nitrogens with zero attached hydrogens (tertiary/aromatic N) is 1. The quantitative estimate of drug-likeness (QED) is 0.876. The van der Waals surface area contributed by atoms with Gasteiger partial charge in [0.15, 0.2) is 0 Å². The zero-order valence-corrected chi connectivity index (χ0v) is 9.77. The average molecular weight is 234 g/mol. The smallest absolute Gasteiger partial charge is 0.222 e. The fourth-order valence-electron chi connectivity index (χ4n) is 1.71. The molecular weight excluding hydrogens is 220 g/mol. The fourth-order valence-corrected chi connectivity index (χ4v) is 1.71. The largest absolute Gasteiger partial charge is 0.496 e. The summed E-state index contributed by atoms with van der Waals surface area (Å²) < 4.78 is 15.3. The topological polar surface area (TPSA) is 70.5 Å². The zero-order valence-electron chi connectivity index (χ0n) is 9.77. The first-order chi connectivity index (χ1) is 8.26. The molecule has 0 aliphatic heterocycles. The van der Waals surface area contributed by atoms with Gasteiger partial charge < -0.3 is 19.7 Å². The van der Waals surface area contributed by atoms with Crippen molar-refractivity contribution in [1.29, 1.82) is 0 Å². The third kappa shape index (κ3) is 2.24. The number of rotatable bonds is 4. The summed E-state index contributed by atoms with van der Waals surface area (Å²) in [5.74, 6) is 1.04. The average Bonchev–Trinajstić information content (AvgIpc) is 2.76. The molecule has 0 aliphatic carbocycles. The molecule has 0 amide bonds. The summed E-state index contributed by atoms with van der Waals surface area (Å²) >= 11 is 0. The van der Waals surface area contributed by atoms with Gasteiger partial charge in [0.05, 0.1) is 13.7 Å². The van der Waals surface area contributed by atoms with E-state index >= 15 is 0 Å². The minimum absolute atomic E-state index is 0.284. The van der Waals surface area contributed by atoms with Crippen LogP contribution in [0.5, 0.6) is 5.75 Å². The third-order valence-electron chi connectivity index (χ3n) is 2.45. The summed E-state index contributed by atoms with van der Waals surface area (Å²) in [5, 5.41) is 3.89. The SMILES string of the molecule is COCc1c(OC)cccc1-c1cc(N)on1. The fraction of sp³-hybridized carbons (Fsp3) is 0.250. The molecule has 1 heterocycles. The highest BCUT2D eigenvalue weighted by Crippen LogP contribution is 2.31. The molecule has 0 radical (unpaired) electrons. The molecule has 1 aromatic heterocycles. The van der Waals surface area contributed by atoms with Crippen molar-refractivity contribution in [1.82, 2.24) is 5.16 Å². The predicted octanol–water partition coefficient (Wildman–Crippen LogP) is 2.08. The third-order valence-corrected chi connectivity index (χ3v) is 2.45. The molecule has 5 nitrogen and oxygen atoms in total. The molecule has 0 saturated heterocycles. The first-order valence-electron chi connectivity index (χ1n) is 5.13. The Morgan fingerprint density at radius 2 is 2.18 bits per heavy atom. The number of hydrogen-bond acceptors (Lipinski definition) is 5. The molecule has 0 aliphatic rings. The van der Waals surface area contributed by atoms with Crippen molar-refractivity contribution in [2.24, 2.45) is 0 Å². The van der Waals surface area contributed by atoms with Crippen molar-refractivity contribution in [3.8, 4) is 17.0 Å². The number of methoxy groups -OCH3 is 2. The number of hydrogen-bond donors (Lipinski definition) is 1. The van der Waals surface area contributed by atoms with Gasteiger partial charge in [-0.25, -0.2) is 0 Å². The van der Waals surface area contributed by atoms with Crippen molar-refractivity contribution in [3.63, 3.8) is 0 Å². The van der Waals surface area contributed by atoms with Gasteiger partial charge in [0.1, 0.15) is 11.4 Å². The minimum Gasteiger partial charge on any atom is -0.496 e. The maximum atomic E-state index is 5.52. The summed E-state index contributed by atoms with van der Waals surface area (Å²) in [6.07, 6.45) is 0. The van der Waals surface area contributed by atoms with Crippen LogP contribution in [-0.4, -0.2) is 19.4 Å². The van der Waals surface area contributed by atoms with Gasteiger partial charge in [0.2, 0.25) is 5.88 Å². The summed E-state index contributed by atoms with van der Waals surface area (Å²) in [7, 11) is 3.25. The van der Waals surface area contributed by atoms with Gasteiger partial charge >= 0.3 is 0 Å². The van der Waals surface area contributed by atoms with E-state index in [0.29, 0.717) is 12.3 Å². The van der Waals surface area contributed by atoms with Crippen LogP contribution in [0.1, 0.15) is 5.56 Å². The molecule has 17 heavy (non-hydrogen) atoms. The molecule has 0 unspecified atom stereocenters. The van der Waals surface area contributed by atoms with Crippen LogP contribution in [0, 0.1) is 0 Å². The van der Waals surface area contributed by atoms with Gasteiger partial charge in [0.25, 0.3) is 0 Å². The second-order valence-corrected chi connectivity index (χ2v) is 3.53. The second kappa shape index (κ2) is 4.88. The molecule has 5 heteroatoms. The zero-order chi connectivity index (χ0) is 12.3.